The Balaban J connectivity index is 2.34. The van der Waals surface area contributed by atoms with Crippen LogP contribution in [0.4, 0.5) is 0 Å². The third kappa shape index (κ3) is 2.41. The van der Waals surface area contributed by atoms with E-state index in [9.17, 15) is 4.79 Å². The molecule has 4 heteroatoms. The quantitative estimate of drug-likeness (QED) is 0.680. The number of rotatable bonds is 3. The highest BCUT2D eigenvalue weighted by Gasteiger charge is 2.14. The monoisotopic (exact) mass is 300 g/mol. The first-order valence-corrected chi connectivity index (χ1v) is 7.03. The molecule has 0 spiro atoms. The molecule has 0 radical (unpaired) electrons. The molecular weight excluding hydrogens is 288 g/mol. The number of benzene rings is 2. The van der Waals surface area contributed by atoms with Crippen molar-refractivity contribution >= 4 is 22.6 Å². The van der Waals surface area contributed by atoms with Gasteiger partial charge in [0.15, 0.2) is 5.43 Å². The lowest BCUT2D eigenvalue weighted by Gasteiger charge is -2.10. The maximum absolute atomic E-state index is 12.3. The third-order valence-corrected chi connectivity index (χ3v) is 3.64. The van der Waals surface area contributed by atoms with Crippen molar-refractivity contribution in [2.75, 3.05) is 7.11 Å². The van der Waals surface area contributed by atoms with Crippen LogP contribution in [0.1, 0.15) is 5.56 Å². The van der Waals surface area contributed by atoms with Crippen molar-refractivity contribution in [1.29, 1.82) is 0 Å². The molecule has 0 aliphatic heterocycles. The molecule has 0 bridgehead atoms. The van der Waals surface area contributed by atoms with Gasteiger partial charge in [-0.05, 0) is 12.1 Å². The summed E-state index contributed by atoms with van der Waals surface area (Å²) in [6.45, 7) is 0. The highest BCUT2D eigenvalue weighted by atomic mass is 35.5. The Morgan fingerprint density at radius 2 is 1.90 bits per heavy atom. The molecule has 0 amide bonds. The predicted molar refractivity (Wildman–Crippen MR) is 84.0 cm³/mol. The topological polar surface area (TPSA) is 39.4 Å². The molecule has 1 heterocycles. The summed E-state index contributed by atoms with van der Waals surface area (Å²) >= 11 is 6.00. The summed E-state index contributed by atoms with van der Waals surface area (Å²) in [5, 5.41) is 0.506. The molecule has 3 aromatic rings. The standard InChI is InChI=1S/C17H13ClO3/c1-20-15-8-7-12-14(19)9-16(11-5-3-2-4-6-11)21-17(12)13(15)10-18/h2-9H,10H2,1H3. The lowest BCUT2D eigenvalue weighted by atomic mass is 10.1. The van der Waals surface area contributed by atoms with Crippen molar-refractivity contribution in [2.24, 2.45) is 0 Å². The maximum Gasteiger partial charge on any atom is 0.193 e. The van der Waals surface area contributed by atoms with Crippen molar-refractivity contribution in [3.8, 4) is 17.1 Å². The number of hydrogen-bond acceptors (Lipinski definition) is 3. The lowest BCUT2D eigenvalue weighted by molar-refractivity contribution is 0.410. The van der Waals surface area contributed by atoms with Crippen LogP contribution >= 0.6 is 11.6 Å². The van der Waals surface area contributed by atoms with Gasteiger partial charge in [-0.3, -0.25) is 4.79 Å². The Morgan fingerprint density at radius 3 is 2.57 bits per heavy atom. The van der Waals surface area contributed by atoms with Gasteiger partial charge >= 0.3 is 0 Å². The van der Waals surface area contributed by atoms with Crippen LogP contribution in [0.2, 0.25) is 0 Å². The zero-order valence-corrected chi connectivity index (χ0v) is 12.2. The van der Waals surface area contributed by atoms with Gasteiger partial charge in [0.05, 0.1) is 23.9 Å². The van der Waals surface area contributed by atoms with E-state index in [0.717, 1.165) is 5.56 Å². The fourth-order valence-electron chi connectivity index (χ4n) is 2.32. The van der Waals surface area contributed by atoms with E-state index in [1.165, 1.54) is 6.07 Å². The van der Waals surface area contributed by atoms with Crippen LogP contribution in [-0.2, 0) is 5.88 Å². The van der Waals surface area contributed by atoms with Gasteiger partial charge in [-0.25, -0.2) is 0 Å². The number of methoxy groups -OCH3 is 1. The fourth-order valence-corrected chi connectivity index (χ4v) is 2.57. The number of ether oxygens (including phenoxy) is 1. The predicted octanol–water partition coefficient (Wildman–Crippen LogP) is 4.21. The Hall–Kier alpha value is -2.26. The SMILES string of the molecule is COc1ccc2c(=O)cc(-c3ccccc3)oc2c1CCl. The molecule has 0 saturated carbocycles. The van der Waals surface area contributed by atoms with Gasteiger partial charge in [-0.15, -0.1) is 11.6 Å². The van der Waals surface area contributed by atoms with E-state index in [1.807, 2.05) is 30.3 Å². The summed E-state index contributed by atoms with van der Waals surface area (Å²) in [5.74, 6) is 1.35. The molecule has 3 rings (SSSR count). The van der Waals surface area contributed by atoms with Crippen LogP contribution in [0.5, 0.6) is 5.75 Å². The maximum atomic E-state index is 12.3. The molecule has 0 unspecified atom stereocenters. The van der Waals surface area contributed by atoms with E-state index in [0.29, 0.717) is 28.0 Å². The van der Waals surface area contributed by atoms with Crippen molar-refractivity contribution in [1.82, 2.24) is 0 Å². The van der Waals surface area contributed by atoms with Crippen molar-refractivity contribution < 1.29 is 9.15 Å². The molecule has 2 aromatic carbocycles. The second kappa shape index (κ2) is 5.62. The molecule has 0 saturated heterocycles. The first-order valence-electron chi connectivity index (χ1n) is 6.49. The van der Waals surface area contributed by atoms with E-state index < -0.39 is 0 Å². The first-order chi connectivity index (χ1) is 10.2. The molecule has 106 valence electrons. The van der Waals surface area contributed by atoms with E-state index in [1.54, 1.807) is 19.2 Å². The van der Waals surface area contributed by atoms with Crippen LogP contribution < -0.4 is 10.2 Å². The second-order valence-electron chi connectivity index (χ2n) is 4.60. The molecular formula is C17H13ClO3. The molecule has 1 aromatic heterocycles. The zero-order valence-electron chi connectivity index (χ0n) is 11.4. The summed E-state index contributed by atoms with van der Waals surface area (Å²) in [5.41, 5.74) is 1.92. The van der Waals surface area contributed by atoms with Gasteiger partial charge in [0, 0.05) is 11.6 Å². The fraction of sp³-hybridized carbons (Fsp3) is 0.118. The number of hydrogen-bond donors (Lipinski definition) is 0. The molecule has 3 nitrogen and oxygen atoms in total. The minimum atomic E-state index is -0.0934. The number of alkyl halides is 1. The average Bonchev–Trinajstić information content (AvgIpc) is 2.54. The Bertz CT molecular complexity index is 838. The van der Waals surface area contributed by atoms with Gasteiger partial charge in [-0.2, -0.15) is 0 Å². The third-order valence-electron chi connectivity index (χ3n) is 3.37. The van der Waals surface area contributed by atoms with Crippen molar-refractivity contribution in [3.63, 3.8) is 0 Å². The summed E-state index contributed by atoms with van der Waals surface area (Å²) in [6.07, 6.45) is 0. The summed E-state index contributed by atoms with van der Waals surface area (Å²) < 4.78 is 11.2. The lowest BCUT2D eigenvalue weighted by Crippen LogP contribution is -2.03. The van der Waals surface area contributed by atoms with Gasteiger partial charge < -0.3 is 9.15 Å². The largest absolute Gasteiger partial charge is 0.496 e. The van der Waals surface area contributed by atoms with Gasteiger partial charge in [-0.1, -0.05) is 30.3 Å². The van der Waals surface area contributed by atoms with Crippen molar-refractivity contribution in [3.05, 3.63) is 64.3 Å². The van der Waals surface area contributed by atoms with Crippen LogP contribution in [-0.4, -0.2) is 7.11 Å². The van der Waals surface area contributed by atoms with E-state index in [4.69, 9.17) is 20.8 Å². The van der Waals surface area contributed by atoms with E-state index in [-0.39, 0.29) is 11.3 Å². The average molecular weight is 301 g/mol. The van der Waals surface area contributed by atoms with Crippen molar-refractivity contribution in [2.45, 2.75) is 5.88 Å². The first kappa shape index (κ1) is 13.7. The Morgan fingerprint density at radius 1 is 1.14 bits per heavy atom. The number of halogens is 1. The van der Waals surface area contributed by atoms with Crippen LogP contribution in [0, 0.1) is 0 Å². The number of fused-ring (bicyclic) bond motifs is 1. The molecule has 0 N–H and O–H groups in total. The summed E-state index contributed by atoms with van der Waals surface area (Å²) in [7, 11) is 1.57. The second-order valence-corrected chi connectivity index (χ2v) is 4.86. The Labute approximate surface area is 126 Å². The smallest absolute Gasteiger partial charge is 0.193 e. The Kier molecular flexibility index (Phi) is 3.67. The zero-order chi connectivity index (χ0) is 14.8. The highest BCUT2D eigenvalue weighted by molar-refractivity contribution is 6.18. The minimum Gasteiger partial charge on any atom is -0.496 e. The molecule has 21 heavy (non-hydrogen) atoms. The van der Waals surface area contributed by atoms with E-state index in [2.05, 4.69) is 0 Å². The summed E-state index contributed by atoms with van der Waals surface area (Å²) in [4.78, 5) is 12.3. The van der Waals surface area contributed by atoms with Crippen LogP contribution in [0.25, 0.3) is 22.3 Å². The minimum absolute atomic E-state index is 0.0934. The molecule has 0 fully saturated rings. The van der Waals surface area contributed by atoms with Gasteiger partial charge in [0.1, 0.15) is 17.1 Å². The molecule has 0 atom stereocenters. The molecule has 0 aliphatic rings. The highest BCUT2D eigenvalue weighted by Crippen LogP contribution is 2.30. The van der Waals surface area contributed by atoms with Crippen LogP contribution in [0.15, 0.2) is 57.7 Å². The normalized spacial score (nSPS) is 10.8. The summed E-state index contributed by atoms with van der Waals surface area (Å²) in [6, 6.07) is 14.4. The van der Waals surface area contributed by atoms with Gasteiger partial charge in [0.25, 0.3) is 0 Å². The van der Waals surface area contributed by atoms with Crippen LogP contribution in [0.3, 0.4) is 0 Å². The van der Waals surface area contributed by atoms with Gasteiger partial charge in [0.2, 0.25) is 0 Å². The van der Waals surface area contributed by atoms with E-state index >= 15 is 0 Å². The molecule has 0 aliphatic carbocycles.